The molecule has 0 spiro atoms. The molecule has 0 aromatic heterocycles. The first-order valence-corrected chi connectivity index (χ1v) is 11.4. The summed E-state index contributed by atoms with van der Waals surface area (Å²) in [6.07, 6.45) is 5.37. The van der Waals surface area contributed by atoms with Crippen molar-refractivity contribution in [1.29, 1.82) is 5.26 Å². The zero-order valence-corrected chi connectivity index (χ0v) is 18.5. The number of likely N-dealkylation sites (tertiary alicyclic amines) is 1. The molecule has 2 aliphatic rings. The quantitative estimate of drug-likeness (QED) is 0.587. The Kier molecular flexibility index (Phi) is 8.28. The predicted octanol–water partition coefficient (Wildman–Crippen LogP) is 4.06. The highest BCUT2D eigenvalue weighted by Gasteiger charge is 2.39. The van der Waals surface area contributed by atoms with Crippen molar-refractivity contribution in [2.24, 2.45) is 5.41 Å². The minimum atomic E-state index is -1.13. The second-order valence-electron chi connectivity index (χ2n) is 8.61. The second-order valence-corrected chi connectivity index (χ2v) is 9.05. The SMILES string of the molecule is N#C[C@@H]1C[C@H](F)CN1C(=O)CNCCCC1(C(=O)Nc2cccc(Cl)c2)CCCCC1. The maximum atomic E-state index is 13.5. The van der Waals surface area contributed by atoms with Crippen LogP contribution < -0.4 is 10.6 Å². The minimum Gasteiger partial charge on any atom is -0.326 e. The van der Waals surface area contributed by atoms with Crippen molar-refractivity contribution >= 4 is 29.1 Å². The number of carbonyl (C=O) groups excluding carboxylic acids is 2. The average molecular weight is 449 g/mol. The molecule has 1 aromatic carbocycles. The summed E-state index contributed by atoms with van der Waals surface area (Å²) in [4.78, 5) is 26.8. The lowest BCUT2D eigenvalue weighted by Gasteiger charge is -2.36. The monoisotopic (exact) mass is 448 g/mol. The van der Waals surface area contributed by atoms with Crippen LogP contribution in [0.5, 0.6) is 0 Å². The van der Waals surface area contributed by atoms with E-state index in [1.807, 2.05) is 18.2 Å². The van der Waals surface area contributed by atoms with Crippen LogP contribution in [0.1, 0.15) is 51.4 Å². The Labute approximate surface area is 188 Å². The minimum absolute atomic E-state index is 0.00841. The molecule has 6 nitrogen and oxygen atoms in total. The van der Waals surface area contributed by atoms with E-state index in [1.54, 1.807) is 12.1 Å². The molecule has 0 unspecified atom stereocenters. The predicted molar refractivity (Wildman–Crippen MR) is 118 cm³/mol. The first-order chi connectivity index (χ1) is 14.9. The third kappa shape index (κ3) is 6.18. The van der Waals surface area contributed by atoms with Crippen LogP contribution in [0.25, 0.3) is 0 Å². The Hall–Kier alpha value is -2.17. The number of anilines is 1. The summed E-state index contributed by atoms with van der Waals surface area (Å²) in [6.45, 7) is 0.653. The molecule has 2 atom stereocenters. The van der Waals surface area contributed by atoms with Crippen molar-refractivity contribution in [3.63, 3.8) is 0 Å². The number of halogens is 2. The standard InChI is InChI=1S/C23H30ClFN4O2/c24-17-6-4-7-19(12-17)28-22(31)23(8-2-1-3-9-23)10-5-11-27-15-21(30)29-16-18(25)13-20(29)14-26/h4,6-7,12,18,20,27H,1-3,5,8-11,13,15-16H2,(H,28,31)/t18-,20-/m0/s1. The molecule has 1 aliphatic carbocycles. The average Bonchev–Trinajstić information content (AvgIpc) is 3.15. The van der Waals surface area contributed by atoms with E-state index in [9.17, 15) is 14.0 Å². The van der Waals surface area contributed by atoms with E-state index in [4.69, 9.17) is 16.9 Å². The highest BCUT2D eigenvalue weighted by atomic mass is 35.5. The molecule has 2 N–H and O–H groups in total. The first kappa shape index (κ1) is 23.5. The van der Waals surface area contributed by atoms with E-state index >= 15 is 0 Å². The van der Waals surface area contributed by atoms with Gasteiger partial charge in [0.05, 0.1) is 19.2 Å². The van der Waals surface area contributed by atoms with Crippen molar-refractivity contribution in [3.8, 4) is 6.07 Å². The van der Waals surface area contributed by atoms with E-state index < -0.39 is 17.6 Å². The number of rotatable bonds is 8. The van der Waals surface area contributed by atoms with Crippen LogP contribution in [0.3, 0.4) is 0 Å². The molecular weight excluding hydrogens is 419 g/mol. The third-order valence-electron chi connectivity index (χ3n) is 6.38. The van der Waals surface area contributed by atoms with Gasteiger partial charge < -0.3 is 15.5 Å². The normalized spacial score (nSPS) is 22.7. The number of nitriles is 1. The lowest BCUT2D eigenvalue weighted by molar-refractivity contribution is -0.130. The zero-order valence-electron chi connectivity index (χ0n) is 17.7. The van der Waals surface area contributed by atoms with Crippen molar-refractivity contribution in [1.82, 2.24) is 10.2 Å². The number of amides is 2. The molecule has 1 aromatic rings. The Bertz CT molecular complexity index is 822. The maximum Gasteiger partial charge on any atom is 0.237 e. The number of alkyl halides is 1. The van der Waals surface area contributed by atoms with E-state index in [0.29, 0.717) is 17.3 Å². The second kappa shape index (κ2) is 10.9. The summed E-state index contributed by atoms with van der Waals surface area (Å²) < 4.78 is 13.5. The lowest BCUT2D eigenvalue weighted by atomic mass is 9.70. The molecule has 1 saturated carbocycles. The summed E-state index contributed by atoms with van der Waals surface area (Å²) >= 11 is 6.04. The van der Waals surface area contributed by atoms with Crippen LogP contribution in [-0.2, 0) is 9.59 Å². The molecule has 31 heavy (non-hydrogen) atoms. The molecule has 0 bridgehead atoms. The number of nitrogens with zero attached hydrogens (tertiary/aromatic N) is 2. The van der Waals surface area contributed by atoms with E-state index in [-0.39, 0.29) is 31.3 Å². The molecule has 3 rings (SSSR count). The van der Waals surface area contributed by atoms with Gasteiger partial charge in [0.2, 0.25) is 11.8 Å². The molecule has 168 valence electrons. The van der Waals surface area contributed by atoms with Gasteiger partial charge in [0, 0.05) is 22.5 Å². The number of nitrogens with one attached hydrogen (secondary N) is 2. The van der Waals surface area contributed by atoms with E-state index in [2.05, 4.69) is 10.6 Å². The van der Waals surface area contributed by atoms with Gasteiger partial charge in [0.1, 0.15) is 12.2 Å². The number of hydrogen-bond donors (Lipinski definition) is 2. The van der Waals surface area contributed by atoms with Crippen LogP contribution in [-0.4, -0.2) is 48.6 Å². The van der Waals surface area contributed by atoms with Gasteiger partial charge in [-0.2, -0.15) is 5.26 Å². The van der Waals surface area contributed by atoms with Crippen LogP contribution in [0.15, 0.2) is 24.3 Å². The van der Waals surface area contributed by atoms with E-state index in [0.717, 1.165) is 44.9 Å². The Balaban J connectivity index is 1.48. The third-order valence-corrected chi connectivity index (χ3v) is 6.61. The summed E-state index contributed by atoms with van der Waals surface area (Å²) in [7, 11) is 0. The van der Waals surface area contributed by atoms with Gasteiger partial charge in [-0.3, -0.25) is 9.59 Å². The number of hydrogen-bond acceptors (Lipinski definition) is 4. The number of carbonyl (C=O) groups is 2. The van der Waals surface area contributed by atoms with Crippen molar-refractivity contribution in [3.05, 3.63) is 29.3 Å². The van der Waals surface area contributed by atoms with Gasteiger partial charge in [-0.1, -0.05) is 36.9 Å². The Morgan fingerprint density at radius 1 is 1.29 bits per heavy atom. The highest BCUT2D eigenvalue weighted by Crippen LogP contribution is 2.41. The maximum absolute atomic E-state index is 13.5. The van der Waals surface area contributed by atoms with Gasteiger partial charge in [-0.25, -0.2) is 4.39 Å². The molecule has 2 amide bonds. The Morgan fingerprint density at radius 3 is 2.77 bits per heavy atom. The summed E-state index contributed by atoms with van der Waals surface area (Å²) in [5, 5.41) is 15.8. The molecule has 2 fully saturated rings. The van der Waals surface area contributed by atoms with Gasteiger partial charge in [-0.05, 0) is 50.4 Å². The van der Waals surface area contributed by atoms with Gasteiger partial charge in [0.15, 0.2) is 0 Å². The van der Waals surface area contributed by atoms with Gasteiger partial charge in [0.25, 0.3) is 0 Å². The van der Waals surface area contributed by atoms with E-state index in [1.165, 1.54) is 4.90 Å². The summed E-state index contributed by atoms with van der Waals surface area (Å²) in [6, 6.07) is 8.49. The highest BCUT2D eigenvalue weighted by molar-refractivity contribution is 6.30. The van der Waals surface area contributed by atoms with Crippen molar-refractivity contribution < 1.29 is 14.0 Å². The molecule has 1 aliphatic heterocycles. The molecule has 0 radical (unpaired) electrons. The summed E-state index contributed by atoms with van der Waals surface area (Å²) in [5.74, 6) is -0.216. The largest absolute Gasteiger partial charge is 0.326 e. The first-order valence-electron chi connectivity index (χ1n) is 11.0. The van der Waals surface area contributed by atoms with Crippen LogP contribution in [0.4, 0.5) is 10.1 Å². The van der Waals surface area contributed by atoms with Crippen LogP contribution in [0.2, 0.25) is 5.02 Å². The number of benzene rings is 1. The topological polar surface area (TPSA) is 85.2 Å². The Morgan fingerprint density at radius 2 is 2.06 bits per heavy atom. The fraction of sp³-hybridized carbons (Fsp3) is 0.609. The van der Waals surface area contributed by atoms with Crippen LogP contribution >= 0.6 is 11.6 Å². The van der Waals surface area contributed by atoms with Crippen molar-refractivity contribution in [2.45, 2.75) is 63.6 Å². The van der Waals surface area contributed by atoms with Crippen LogP contribution in [0, 0.1) is 16.7 Å². The molecular formula is C23H30ClFN4O2. The van der Waals surface area contributed by atoms with Crippen molar-refractivity contribution in [2.75, 3.05) is 25.0 Å². The molecule has 1 heterocycles. The summed E-state index contributed by atoms with van der Waals surface area (Å²) in [5.41, 5.74) is 0.296. The molecule has 8 heteroatoms. The fourth-order valence-electron chi connectivity index (χ4n) is 4.68. The smallest absolute Gasteiger partial charge is 0.237 e. The lowest BCUT2D eigenvalue weighted by Crippen LogP contribution is -2.41. The van der Waals surface area contributed by atoms with Gasteiger partial charge in [-0.15, -0.1) is 0 Å². The zero-order chi connectivity index (χ0) is 22.3. The van der Waals surface area contributed by atoms with Gasteiger partial charge >= 0.3 is 0 Å². The fourth-order valence-corrected chi connectivity index (χ4v) is 4.87. The molecule has 1 saturated heterocycles.